The lowest BCUT2D eigenvalue weighted by Gasteiger charge is -2.22. The van der Waals surface area contributed by atoms with Crippen LogP contribution in [0, 0.1) is 0 Å². The number of nitrogens with zero attached hydrogens (tertiary/aromatic N) is 2. The second-order valence-electron chi connectivity index (χ2n) is 4.67. The molecule has 2 unspecified atom stereocenters. The van der Waals surface area contributed by atoms with E-state index in [1.807, 2.05) is 25.2 Å². The van der Waals surface area contributed by atoms with Crippen molar-refractivity contribution in [1.82, 2.24) is 15.3 Å². The maximum absolute atomic E-state index is 5.76. The molecule has 1 N–H and O–H groups in total. The van der Waals surface area contributed by atoms with Crippen LogP contribution in [-0.2, 0) is 0 Å². The maximum Gasteiger partial charge on any atom is 0.237 e. The second-order valence-corrected chi connectivity index (χ2v) is 4.67. The van der Waals surface area contributed by atoms with E-state index in [0.717, 1.165) is 11.4 Å². The summed E-state index contributed by atoms with van der Waals surface area (Å²) in [6, 6.07) is 8.11. The predicted octanol–water partition coefficient (Wildman–Crippen LogP) is 1.92. The van der Waals surface area contributed by atoms with Crippen molar-refractivity contribution in [3.05, 3.63) is 47.9 Å². The summed E-state index contributed by atoms with van der Waals surface area (Å²) >= 11 is 0. The van der Waals surface area contributed by atoms with Gasteiger partial charge in [-0.15, -0.1) is 0 Å². The van der Waals surface area contributed by atoms with Gasteiger partial charge in [0.15, 0.2) is 0 Å². The Hall–Kier alpha value is -2.14. The highest BCUT2D eigenvalue weighted by Crippen LogP contribution is 2.41. The fourth-order valence-electron chi connectivity index (χ4n) is 2.70. The number of benzene rings is 1. The summed E-state index contributed by atoms with van der Waals surface area (Å²) in [6.45, 7) is 0.630. The van der Waals surface area contributed by atoms with Crippen LogP contribution >= 0.6 is 0 Å². The molecule has 0 amide bonds. The minimum atomic E-state index is 0.00213. The first-order chi connectivity index (χ1) is 9.85. The monoisotopic (exact) mass is 271 g/mol. The lowest BCUT2D eigenvalue weighted by Crippen LogP contribution is -2.26. The molecule has 0 spiro atoms. The molecule has 1 aliphatic rings. The van der Waals surface area contributed by atoms with Crippen molar-refractivity contribution in [2.24, 2.45) is 0 Å². The van der Waals surface area contributed by atoms with E-state index in [1.54, 1.807) is 19.5 Å². The van der Waals surface area contributed by atoms with Crippen LogP contribution in [0.5, 0.6) is 11.6 Å². The van der Waals surface area contributed by atoms with Gasteiger partial charge in [0.2, 0.25) is 5.88 Å². The van der Waals surface area contributed by atoms with Gasteiger partial charge < -0.3 is 14.8 Å². The van der Waals surface area contributed by atoms with Crippen LogP contribution in [0.15, 0.2) is 36.7 Å². The van der Waals surface area contributed by atoms with Crippen molar-refractivity contribution in [3.63, 3.8) is 0 Å². The molecule has 2 aromatic rings. The molecular formula is C15H17N3O2. The van der Waals surface area contributed by atoms with E-state index in [0.29, 0.717) is 12.5 Å². The van der Waals surface area contributed by atoms with Crippen LogP contribution in [0.1, 0.15) is 23.2 Å². The number of hydrogen-bond acceptors (Lipinski definition) is 5. The molecular weight excluding hydrogens is 254 g/mol. The van der Waals surface area contributed by atoms with Crippen molar-refractivity contribution in [3.8, 4) is 11.6 Å². The van der Waals surface area contributed by atoms with E-state index >= 15 is 0 Å². The van der Waals surface area contributed by atoms with E-state index in [1.165, 1.54) is 5.56 Å². The van der Waals surface area contributed by atoms with Gasteiger partial charge in [-0.1, -0.05) is 18.2 Å². The van der Waals surface area contributed by atoms with Gasteiger partial charge in [0.05, 0.1) is 19.8 Å². The number of rotatable bonds is 4. The minimum absolute atomic E-state index is 0.00213. The molecule has 20 heavy (non-hydrogen) atoms. The molecule has 2 atom stereocenters. The third-order valence-electron chi connectivity index (χ3n) is 3.63. The lowest BCUT2D eigenvalue weighted by atomic mass is 9.91. The Morgan fingerprint density at radius 3 is 2.90 bits per heavy atom. The van der Waals surface area contributed by atoms with Crippen LogP contribution in [0.4, 0.5) is 0 Å². The van der Waals surface area contributed by atoms with Gasteiger partial charge in [0, 0.05) is 23.9 Å². The number of hydrogen-bond donors (Lipinski definition) is 1. The zero-order valence-corrected chi connectivity index (χ0v) is 11.5. The van der Waals surface area contributed by atoms with Crippen molar-refractivity contribution < 1.29 is 9.47 Å². The van der Waals surface area contributed by atoms with Gasteiger partial charge in [-0.3, -0.25) is 4.98 Å². The molecule has 0 fully saturated rings. The Morgan fingerprint density at radius 2 is 2.10 bits per heavy atom. The molecule has 1 aromatic carbocycles. The number of ether oxygens (including phenoxy) is 2. The summed E-state index contributed by atoms with van der Waals surface area (Å²) in [5.41, 5.74) is 2.00. The molecule has 1 aromatic heterocycles. The lowest BCUT2D eigenvalue weighted by molar-refractivity contribution is 0.296. The first-order valence-electron chi connectivity index (χ1n) is 6.59. The van der Waals surface area contributed by atoms with Gasteiger partial charge >= 0.3 is 0 Å². The molecule has 5 heteroatoms. The highest BCUT2D eigenvalue weighted by Gasteiger charge is 2.34. The number of likely N-dealkylation sites (N-methyl/N-ethyl adjacent to an activating group) is 1. The highest BCUT2D eigenvalue weighted by molar-refractivity contribution is 5.42. The fraction of sp³-hybridized carbons (Fsp3) is 0.333. The standard InChI is InChI=1S/C15H17N3O2/c1-16-13(14-15(19-2)18-8-7-17-14)11-9-20-12-6-4-3-5-10(11)12/h3-8,11,13,16H,9H2,1-2H3. The molecule has 0 radical (unpaired) electrons. The molecule has 0 bridgehead atoms. The predicted molar refractivity (Wildman–Crippen MR) is 75.1 cm³/mol. The van der Waals surface area contributed by atoms with Crippen LogP contribution < -0.4 is 14.8 Å². The van der Waals surface area contributed by atoms with E-state index in [-0.39, 0.29) is 12.0 Å². The summed E-state index contributed by atoms with van der Waals surface area (Å²) in [7, 11) is 3.53. The highest BCUT2D eigenvalue weighted by atomic mass is 16.5. The summed E-state index contributed by atoms with van der Waals surface area (Å²) in [4.78, 5) is 8.66. The topological polar surface area (TPSA) is 56.3 Å². The number of aromatic nitrogens is 2. The van der Waals surface area contributed by atoms with E-state index < -0.39 is 0 Å². The van der Waals surface area contributed by atoms with Crippen LogP contribution in [0.25, 0.3) is 0 Å². The van der Waals surface area contributed by atoms with Crippen LogP contribution in [0.2, 0.25) is 0 Å². The molecule has 0 saturated carbocycles. The van der Waals surface area contributed by atoms with Crippen molar-refractivity contribution in [1.29, 1.82) is 0 Å². The smallest absolute Gasteiger partial charge is 0.237 e. The van der Waals surface area contributed by atoms with Crippen LogP contribution in [0.3, 0.4) is 0 Å². The Bertz CT molecular complexity index is 603. The molecule has 1 aliphatic heterocycles. The van der Waals surface area contributed by atoms with Crippen molar-refractivity contribution >= 4 is 0 Å². The SMILES string of the molecule is CNC(c1nccnc1OC)C1COc2ccccc21. The Balaban J connectivity index is 1.99. The Morgan fingerprint density at radius 1 is 1.30 bits per heavy atom. The normalized spacial score (nSPS) is 18.2. The third-order valence-corrected chi connectivity index (χ3v) is 3.63. The summed E-state index contributed by atoms with van der Waals surface area (Å²) in [6.07, 6.45) is 3.32. The van der Waals surface area contributed by atoms with Crippen molar-refractivity contribution in [2.75, 3.05) is 20.8 Å². The van der Waals surface area contributed by atoms with Crippen LogP contribution in [-0.4, -0.2) is 30.7 Å². The second kappa shape index (κ2) is 5.46. The van der Waals surface area contributed by atoms with E-state index in [4.69, 9.17) is 9.47 Å². The Kier molecular flexibility index (Phi) is 3.52. The van der Waals surface area contributed by atoms with Crippen molar-refractivity contribution in [2.45, 2.75) is 12.0 Å². The summed E-state index contributed by atoms with van der Waals surface area (Å²) < 4.78 is 11.1. The van der Waals surface area contributed by atoms with Gasteiger partial charge in [-0.25, -0.2) is 4.98 Å². The quantitative estimate of drug-likeness (QED) is 0.920. The first kappa shape index (κ1) is 12.9. The number of fused-ring (bicyclic) bond motifs is 1. The summed E-state index contributed by atoms with van der Waals surface area (Å²) in [5.74, 6) is 1.69. The van der Waals surface area contributed by atoms with Gasteiger partial charge in [0.1, 0.15) is 11.4 Å². The number of para-hydroxylation sites is 1. The molecule has 2 heterocycles. The average molecular weight is 271 g/mol. The number of methoxy groups -OCH3 is 1. The largest absolute Gasteiger partial charge is 0.493 e. The zero-order valence-electron chi connectivity index (χ0n) is 11.5. The summed E-state index contributed by atoms with van der Waals surface area (Å²) in [5, 5.41) is 3.31. The van der Waals surface area contributed by atoms with Gasteiger partial charge in [-0.2, -0.15) is 0 Å². The van der Waals surface area contributed by atoms with E-state index in [2.05, 4.69) is 21.4 Å². The zero-order chi connectivity index (χ0) is 13.9. The average Bonchev–Trinajstić information content (AvgIpc) is 2.93. The molecule has 5 nitrogen and oxygen atoms in total. The number of nitrogens with one attached hydrogen (secondary N) is 1. The van der Waals surface area contributed by atoms with E-state index in [9.17, 15) is 0 Å². The molecule has 3 rings (SSSR count). The van der Waals surface area contributed by atoms with Gasteiger partial charge in [0.25, 0.3) is 0 Å². The molecule has 104 valence electrons. The third kappa shape index (κ3) is 2.10. The molecule has 0 aliphatic carbocycles. The minimum Gasteiger partial charge on any atom is -0.493 e. The first-order valence-corrected chi connectivity index (χ1v) is 6.59. The maximum atomic E-state index is 5.76. The van der Waals surface area contributed by atoms with Gasteiger partial charge in [-0.05, 0) is 13.1 Å². The molecule has 0 saturated heterocycles. The fourth-order valence-corrected chi connectivity index (χ4v) is 2.70. The Labute approximate surface area is 118 Å².